The smallest absolute Gasteiger partial charge is 0.254 e. The van der Waals surface area contributed by atoms with Gasteiger partial charge in [-0.3, -0.25) is 14.4 Å². The molecule has 1 aromatic heterocycles. The quantitative estimate of drug-likeness (QED) is 0.834. The van der Waals surface area contributed by atoms with Crippen molar-refractivity contribution < 1.29 is 9.53 Å². The Hall–Kier alpha value is -2.18. The van der Waals surface area contributed by atoms with E-state index in [1.165, 1.54) is 37.8 Å². The molecule has 0 bridgehead atoms. The average Bonchev–Trinajstić information content (AvgIpc) is 3.16. The van der Waals surface area contributed by atoms with Gasteiger partial charge in [0.1, 0.15) is 0 Å². The maximum absolute atomic E-state index is 12.6. The van der Waals surface area contributed by atoms with Crippen LogP contribution < -0.4 is 5.32 Å². The molecule has 0 saturated heterocycles. The van der Waals surface area contributed by atoms with Gasteiger partial charge in [-0.1, -0.05) is 49.6 Å². The minimum Gasteiger partial charge on any atom is -0.367 e. The zero-order chi connectivity index (χ0) is 19.3. The number of benzene rings is 1. The van der Waals surface area contributed by atoms with Crippen LogP contribution in [0.4, 0.5) is 0 Å². The predicted molar refractivity (Wildman–Crippen MR) is 108 cm³/mol. The molecule has 1 aliphatic carbocycles. The van der Waals surface area contributed by atoms with E-state index < -0.39 is 6.10 Å². The highest BCUT2D eigenvalue weighted by atomic mass is 16.5. The Balaban J connectivity index is 1.35. The molecule has 6 heteroatoms. The normalized spacial score (nSPS) is 19.2. The molecule has 6 nitrogen and oxygen atoms in total. The van der Waals surface area contributed by atoms with Crippen LogP contribution >= 0.6 is 0 Å². The van der Waals surface area contributed by atoms with Gasteiger partial charge in [0, 0.05) is 26.2 Å². The summed E-state index contributed by atoms with van der Waals surface area (Å²) >= 11 is 0. The van der Waals surface area contributed by atoms with E-state index in [4.69, 9.17) is 9.84 Å². The Morgan fingerprint density at radius 3 is 2.75 bits per heavy atom. The molecule has 2 aromatic rings. The zero-order valence-corrected chi connectivity index (χ0v) is 16.6. The molecule has 1 unspecified atom stereocenters. The standard InChI is InChI=1S/C22H30N4O2/c1-28-21(17-8-4-2-5-9-17)22(27)23-15-18-14-20-16-25(12-13-26(20)24-18)19-10-6-3-7-11-19/h2,4-5,8-9,14,19,21H,3,6-7,10-13,15-16H2,1H3,(H,23,27). The summed E-state index contributed by atoms with van der Waals surface area (Å²) in [4.78, 5) is 15.2. The lowest BCUT2D eigenvalue weighted by molar-refractivity contribution is -0.131. The molecule has 2 heterocycles. The number of fused-ring (bicyclic) bond motifs is 1. The van der Waals surface area contributed by atoms with Crippen LogP contribution in [-0.4, -0.2) is 40.3 Å². The third kappa shape index (κ3) is 4.28. The number of nitrogens with zero attached hydrogens (tertiary/aromatic N) is 3. The fourth-order valence-corrected chi connectivity index (χ4v) is 4.48. The molecule has 2 aliphatic rings. The number of ether oxygens (including phenoxy) is 1. The predicted octanol–water partition coefficient (Wildman–Crippen LogP) is 3.04. The molecule has 1 aromatic carbocycles. The number of hydrogen-bond donors (Lipinski definition) is 1. The summed E-state index contributed by atoms with van der Waals surface area (Å²) in [5.74, 6) is -0.136. The zero-order valence-electron chi connectivity index (χ0n) is 16.6. The summed E-state index contributed by atoms with van der Waals surface area (Å²) < 4.78 is 7.51. The van der Waals surface area contributed by atoms with E-state index >= 15 is 0 Å². The second-order valence-electron chi connectivity index (χ2n) is 7.86. The number of amides is 1. The maximum Gasteiger partial charge on any atom is 0.254 e. The van der Waals surface area contributed by atoms with E-state index in [1.807, 2.05) is 30.3 Å². The third-order valence-corrected chi connectivity index (χ3v) is 5.99. The van der Waals surface area contributed by atoms with Crippen molar-refractivity contribution in [1.82, 2.24) is 20.0 Å². The van der Waals surface area contributed by atoms with Crippen molar-refractivity contribution in [3.8, 4) is 0 Å². The lowest BCUT2D eigenvalue weighted by Gasteiger charge is -2.36. The average molecular weight is 383 g/mol. The van der Waals surface area contributed by atoms with E-state index in [9.17, 15) is 4.79 Å². The minimum absolute atomic E-state index is 0.136. The monoisotopic (exact) mass is 382 g/mol. The molecular formula is C22H30N4O2. The van der Waals surface area contributed by atoms with Crippen molar-refractivity contribution in [3.05, 3.63) is 53.3 Å². The van der Waals surface area contributed by atoms with E-state index in [1.54, 1.807) is 7.11 Å². The van der Waals surface area contributed by atoms with Gasteiger partial charge in [0.05, 0.1) is 24.5 Å². The first-order chi connectivity index (χ1) is 13.7. The first-order valence-electron chi connectivity index (χ1n) is 10.4. The molecule has 1 aliphatic heterocycles. The summed E-state index contributed by atoms with van der Waals surface area (Å²) in [5, 5.41) is 7.67. The molecular weight excluding hydrogens is 352 g/mol. The highest BCUT2D eigenvalue weighted by molar-refractivity contribution is 5.82. The Morgan fingerprint density at radius 2 is 2.00 bits per heavy atom. The fourth-order valence-electron chi connectivity index (χ4n) is 4.48. The largest absolute Gasteiger partial charge is 0.367 e. The van der Waals surface area contributed by atoms with Gasteiger partial charge in [-0.15, -0.1) is 0 Å². The molecule has 0 spiro atoms. The highest BCUT2D eigenvalue weighted by Gasteiger charge is 2.26. The second-order valence-corrected chi connectivity index (χ2v) is 7.86. The van der Waals surface area contributed by atoms with Crippen LogP contribution in [0.2, 0.25) is 0 Å². The van der Waals surface area contributed by atoms with Gasteiger partial charge in [0.25, 0.3) is 5.91 Å². The number of methoxy groups -OCH3 is 1. The number of aromatic nitrogens is 2. The number of hydrogen-bond acceptors (Lipinski definition) is 4. The Bertz CT molecular complexity index is 783. The second kappa shape index (κ2) is 8.88. The Kier molecular flexibility index (Phi) is 6.07. The van der Waals surface area contributed by atoms with Gasteiger partial charge in [-0.25, -0.2) is 0 Å². The lowest BCUT2D eigenvalue weighted by atomic mass is 9.94. The third-order valence-electron chi connectivity index (χ3n) is 5.99. The van der Waals surface area contributed by atoms with E-state index in [0.29, 0.717) is 6.54 Å². The Morgan fingerprint density at radius 1 is 1.21 bits per heavy atom. The molecule has 1 atom stereocenters. The van der Waals surface area contributed by atoms with E-state index in [2.05, 4.69) is 21.0 Å². The van der Waals surface area contributed by atoms with Crippen molar-refractivity contribution in [2.75, 3.05) is 13.7 Å². The topological polar surface area (TPSA) is 59.4 Å². The molecule has 150 valence electrons. The van der Waals surface area contributed by atoms with E-state index in [-0.39, 0.29) is 5.91 Å². The molecule has 1 fully saturated rings. The first kappa shape index (κ1) is 19.2. The van der Waals surface area contributed by atoms with Crippen LogP contribution in [0.3, 0.4) is 0 Å². The number of carbonyl (C=O) groups excluding carboxylic acids is 1. The van der Waals surface area contributed by atoms with Crippen molar-refractivity contribution in [2.24, 2.45) is 0 Å². The van der Waals surface area contributed by atoms with Gasteiger partial charge >= 0.3 is 0 Å². The number of carbonyl (C=O) groups is 1. The number of rotatable bonds is 6. The van der Waals surface area contributed by atoms with Gasteiger partial charge in [-0.05, 0) is 24.5 Å². The minimum atomic E-state index is -0.597. The van der Waals surface area contributed by atoms with Gasteiger partial charge < -0.3 is 10.1 Å². The molecule has 4 rings (SSSR count). The van der Waals surface area contributed by atoms with Crippen molar-refractivity contribution in [3.63, 3.8) is 0 Å². The summed E-state index contributed by atoms with van der Waals surface area (Å²) in [6, 6.07) is 12.4. The fraction of sp³-hybridized carbons (Fsp3) is 0.545. The molecule has 1 N–H and O–H groups in total. The SMILES string of the molecule is COC(C(=O)NCc1cc2n(n1)CCN(C1CCCCC1)C2)c1ccccc1. The van der Waals surface area contributed by atoms with Crippen LogP contribution in [0.1, 0.15) is 55.2 Å². The summed E-state index contributed by atoms with van der Waals surface area (Å²) in [6.07, 6.45) is 6.17. The Labute approximate surface area is 166 Å². The highest BCUT2D eigenvalue weighted by Crippen LogP contribution is 2.26. The molecule has 1 saturated carbocycles. The van der Waals surface area contributed by atoms with Crippen LogP contribution in [0.5, 0.6) is 0 Å². The van der Waals surface area contributed by atoms with Crippen LogP contribution in [0, 0.1) is 0 Å². The van der Waals surface area contributed by atoms with Gasteiger partial charge in [-0.2, -0.15) is 5.10 Å². The van der Waals surface area contributed by atoms with Crippen molar-refractivity contribution >= 4 is 5.91 Å². The first-order valence-corrected chi connectivity index (χ1v) is 10.4. The van der Waals surface area contributed by atoms with Crippen molar-refractivity contribution in [2.45, 2.75) is 63.9 Å². The van der Waals surface area contributed by atoms with E-state index in [0.717, 1.165) is 36.9 Å². The molecule has 28 heavy (non-hydrogen) atoms. The van der Waals surface area contributed by atoms with Gasteiger partial charge in [0.15, 0.2) is 6.10 Å². The van der Waals surface area contributed by atoms with Crippen molar-refractivity contribution in [1.29, 1.82) is 0 Å². The van der Waals surface area contributed by atoms with Crippen LogP contribution in [0.15, 0.2) is 36.4 Å². The van der Waals surface area contributed by atoms with Crippen LogP contribution in [0.25, 0.3) is 0 Å². The van der Waals surface area contributed by atoms with Crippen LogP contribution in [-0.2, 0) is 29.2 Å². The van der Waals surface area contributed by atoms with Gasteiger partial charge in [0.2, 0.25) is 0 Å². The summed E-state index contributed by atoms with van der Waals surface area (Å²) in [5.41, 5.74) is 3.03. The molecule has 1 amide bonds. The lowest BCUT2D eigenvalue weighted by Crippen LogP contribution is -2.42. The maximum atomic E-state index is 12.6. The summed E-state index contributed by atoms with van der Waals surface area (Å²) in [7, 11) is 1.56. The molecule has 0 radical (unpaired) electrons. The summed E-state index contributed by atoms with van der Waals surface area (Å²) in [6.45, 7) is 3.40. The number of nitrogens with one attached hydrogen (secondary N) is 1.